The van der Waals surface area contributed by atoms with Crippen molar-refractivity contribution < 1.29 is 22.7 Å². The van der Waals surface area contributed by atoms with Gasteiger partial charge in [-0.25, -0.2) is 0 Å². The number of alkyl halides is 3. The lowest BCUT2D eigenvalue weighted by molar-refractivity contribution is -0.165. The highest BCUT2D eigenvalue weighted by molar-refractivity contribution is 5.94. The maximum Gasteiger partial charge on any atom is 0.454 e. The van der Waals surface area contributed by atoms with Gasteiger partial charge in [0.15, 0.2) is 0 Å². The molecule has 0 spiro atoms. The van der Waals surface area contributed by atoms with Crippen LogP contribution in [0.15, 0.2) is 11.8 Å². The largest absolute Gasteiger partial charge is 0.454 e. The Morgan fingerprint density at radius 3 is 2.75 bits per heavy atom. The van der Waals surface area contributed by atoms with Crippen LogP contribution >= 0.6 is 0 Å². The highest BCUT2D eigenvalue weighted by Gasteiger charge is 2.36. The Kier molecular flexibility index (Phi) is 4.35. The molecule has 3 nitrogen and oxygen atoms in total. The topological polar surface area (TPSA) is 38.3 Å². The average molecular weight is 237 g/mol. The molecule has 1 saturated heterocycles. The molecule has 1 fully saturated rings. The van der Waals surface area contributed by atoms with E-state index < -0.39 is 12.0 Å². The quantitative estimate of drug-likeness (QED) is 0.757. The van der Waals surface area contributed by atoms with Crippen LogP contribution in [0.25, 0.3) is 0 Å². The highest BCUT2D eigenvalue weighted by atomic mass is 19.4. The first-order chi connectivity index (χ1) is 7.39. The van der Waals surface area contributed by atoms with Gasteiger partial charge in [0.2, 0.25) is 0 Å². The second kappa shape index (κ2) is 5.34. The van der Waals surface area contributed by atoms with Crippen molar-refractivity contribution in [2.45, 2.75) is 32.0 Å². The Labute approximate surface area is 91.6 Å². The third-order valence-corrected chi connectivity index (χ3v) is 2.26. The van der Waals surface area contributed by atoms with Gasteiger partial charge < -0.3 is 10.1 Å². The zero-order valence-corrected chi connectivity index (χ0v) is 8.93. The Morgan fingerprint density at radius 2 is 2.25 bits per heavy atom. The van der Waals surface area contributed by atoms with Gasteiger partial charge in [-0.2, -0.15) is 13.2 Å². The molecule has 1 unspecified atom stereocenters. The van der Waals surface area contributed by atoms with Crippen LogP contribution in [0.3, 0.4) is 0 Å². The normalized spacial score (nSPS) is 22.2. The molecule has 1 heterocycles. The summed E-state index contributed by atoms with van der Waals surface area (Å²) in [6.07, 6.45) is -2.34. The van der Waals surface area contributed by atoms with Crippen molar-refractivity contribution in [2.75, 3.05) is 13.2 Å². The number of nitrogens with one attached hydrogen (secondary N) is 1. The minimum Gasteiger partial charge on any atom is -0.386 e. The molecule has 0 amide bonds. The molecule has 92 valence electrons. The van der Waals surface area contributed by atoms with Crippen LogP contribution in [-0.2, 0) is 9.53 Å². The minimum absolute atomic E-state index is 0.0318. The Morgan fingerprint density at radius 1 is 1.56 bits per heavy atom. The molecule has 0 aliphatic carbocycles. The Bertz CT molecular complexity index is 280. The predicted molar refractivity (Wildman–Crippen MR) is 51.8 cm³/mol. The third kappa shape index (κ3) is 4.22. The van der Waals surface area contributed by atoms with Gasteiger partial charge in [0, 0.05) is 24.9 Å². The zero-order valence-electron chi connectivity index (χ0n) is 8.93. The Balaban J connectivity index is 2.36. The summed E-state index contributed by atoms with van der Waals surface area (Å²) < 4.78 is 41.0. The smallest absolute Gasteiger partial charge is 0.386 e. The lowest BCUT2D eigenvalue weighted by Gasteiger charge is -2.12. The SMILES string of the molecule is CC(=CC(=O)C(F)(F)F)NCC1CCCO1. The van der Waals surface area contributed by atoms with Crippen LogP contribution in [-0.4, -0.2) is 31.2 Å². The first kappa shape index (κ1) is 13.0. The van der Waals surface area contributed by atoms with Gasteiger partial charge in [-0.1, -0.05) is 0 Å². The maximum absolute atomic E-state index is 11.9. The summed E-state index contributed by atoms with van der Waals surface area (Å²) in [6, 6.07) is 0. The second-order valence-corrected chi connectivity index (χ2v) is 3.71. The molecular weight excluding hydrogens is 223 g/mol. The van der Waals surface area contributed by atoms with Gasteiger partial charge in [0.25, 0.3) is 5.78 Å². The molecule has 1 atom stereocenters. The third-order valence-electron chi connectivity index (χ3n) is 2.26. The summed E-state index contributed by atoms with van der Waals surface area (Å²) in [5.41, 5.74) is 0.206. The molecule has 0 aromatic heterocycles. The van der Waals surface area contributed by atoms with Crippen LogP contribution in [0.4, 0.5) is 13.2 Å². The number of allylic oxidation sites excluding steroid dienone is 2. The molecule has 0 bridgehead atoms. The standard InChI is InChI=1S/C10H14F3NO2/c1-7(5-9(15)10(11,12)13)14-6-8-3-2-4-16-8/h5,8,14H,2-4,6H2,1H3. The number of halogens is 3. The first-order valence-electron chi connectivity index (χ1n) is 5.04. The van der Waals surface area contributed by atoms with Crippen molar-refractivity contribution in [3.8, 4) is 0 Å². The first-order valence-corrected chi connectivity index (χ1v) is 5.04. The molecule has 1 rings (SSSR count). The number of carbonyl (C=O) groups is 1. The molecule has 0 radical (unpaired) electrons. The van der Waals surface area contributed by atoms with E-state index in [0.29, 0.717) is 19.2 Å². The van der Waals surface area contributed by atoms with Crippen LogP contribution in [0.5, 0.6) is 0 Å². The van der Waals surface area contributed by atoms with Gasteiger partial charge in [-0.15, -0.1) is 0 Å². The number of rotatable bonds is 4. The van der Waals surface area contributed by atoms with E-state index in [0.717, 1.165) is 12.8 Å². The van der Waals surface area contributed by atoms with E-state index in [1.807, 2.05) is 0 Å². The fourth-order valence-corrected chi connectivity index (χ4v) is 1.41. The molecule has 1 N–H and O–H groups in total. The van der Waals surface area contributed by atoms with Crippen LogP contribution < -0.4 is 5.32 Å². The summed E-state index contributed by atoms with van der Waals surface area (Å²) in [5, 5.41) is 2.74. The van der Waals surface area contributed by atoms with E-state index in [2.05, 4.69) is 5.32 Å². The number of ketones is 1. The number of carbonyl (C=O) groups excluding carboxylic acids is 1. The molecule has 0 aromatic carbocycles. The van der Waals surface area contributed by atoms with Crippen LogP contribution in [0, 0.1) is 0 Å². The van der Waals surface area contributed by atoms with Crippen molar-refractivity contribution >= 4 is 5.78 Å². The maximum atomic E-state index is 11.9. The number of hydrogen-bond acceptors (Lipinski definition) is 3. The molecule has 16 heavy (non-hydrogen) atoms. The van der Waals surface area contributed by atoms with Gasteiger partial charge >= 0.3 is 6.18 Å². The van der Waals surface area contributed by atoms with Crippen LogP contribution in [0.1, 0.15) is 19.8 Å². The summed E-state index contributed by atoms with van der Waals surface area (Å²) in [5.74, 6) is -1.84. The lowest BCUT2D eigenvalue weighted by Crippen LogP contribution is -2.27. The van der Waals surface area contributed by atoms with E-state index in [1.165, 1.54) is 6.92 Å². The molecule has 0 aromatic rings. The van der Waals surface area contributed by atoms with Gasteiger partial charge in [0.1, 0.15) is 0 Å². The summed E-state index contributed by atoms with van der Waals surface area (Å²) in [6.45, 7) is 2.56. The van der Waals surface area contributed by atoms with Crippen molar-refractivity contribution in [3.63, 3.8) is 0 Å². The fraction of sp³-hybridized carbons (Fsp3) is 0.700. The zero-order chi connectivity index (χ0) is 12.2. The number of ether oxygens (including phenoxy) is 1. The molecule has 6 heteroatoms. The van der Waals surface area contributed by atoms with Gasteiger partial charge in [-0.05, 0) is 19.8 Å². The predicted octanol–water partition coefficient (Wildman–Crippen LogP) is 1.79. The van der Waals surface area contributed by atoms with E-state index in [9.17, 15) is 18.0 Å². The molecule has 0 saturated carbocycles. The van der Waals surface area contributed by atoms with Crippen molar-refractivity contribution in [2.24, 2.45) is 0 Å². The van der Waals surface area contributed by atoms with E-state index in [1.54, 1.807) is 0 Å². The monoisotopic (exact) mass is 237 g/mol. The Hall–Kier alpha value is -1.04. The second-order valence-electron chi connectivity index (χ2n) is 3.71. The van der Waals surface area contributed by atoms with E-state index in [4.69, 9.17) is 4.74 Å². The van der Waals surface area contributed by atoms with Crippen molar-refractivity contribution in [3.05, 3.63) is 11.8 Å². The summed E-state index contributed by atoms with van der Waals surface area (Å²) in [7, 11) is 0. The van der Waals surface area contributed by atoms with Crippen molar-refractivity contribution in [1.29, 1.82) is 0 Å². The van der Waals surface area contributed by atoms with Gasteiger partial charge in [0.05, 0.1) is 6.10 Å². The lowest BCUT2D eigenvalue weighted by atomic mass is 10.2. The summed E-state index contributed by atoms with van der Waals surface area (Å²) in [4.78, 5) is 10.6. The number of hydrogen-bond donors (Lipinski definition) is 1. The fourth-order valence-electron chi connectivity index (χ4n) is 1.41. The molecular formula is C10H14F3NO2. The van der Waals surface area contributed by atoms with Crippen LogP contribution in [0.2, 0.25) is 0 Å². The van der Waals surface area contributed by atoms with Crippen molar-refractivity contribution in [1.82, 2.24) is 5.32 Å². The summed E-state index contributed by atoms with van der Waals surface area (Å²) >= 11 is 0. The van der Waals surface area contributed by atoms with Gasteiger partial charge in [-0.3, -0.25) is 4.79 Å². The molecule has 1 aliphatic heterocycles. The minimum atomic E-state index is -4.80. The van der Waals surface area contributed by atoms with E-state index >= 15 is 0 Å². The molecule has 1 aliphatic rings. The van der Waals surface area contributed by atoms with E-state index in [-0.39, 0.29) is 11.8 Å². The average Bonchev–Trinajstić information content (AvgIpc) is 2.65. The highest BCUT2D eigenvalue weighted by Crippen LogP contribution is 2.17.